The molecule has 1 heterocycles. The van der Waals surface area contributed by atoms with Crippen LogP contribution in [0.1, 0.15) is 32.8 Å². The number of hydrogen-bond donors (Lipinski definition) is 1. The smallest absolute Gasteiger partial charge is 0.225 e. The lowest BCUT2D eigenvalue weighted by atomic mass is 9.95. The van der Waals surface area contributed by atoms with Crippen molar-refractivity contribution in [3.63, 3.8) is 0 Å². The normalized spacial score (nSPS) is 14.3. The van der Waals surface area contributed by atoms with Gasteiger partial charge in [-0.15, -0.1) is 0 Å². The second kappa shape index (κ2) is 6.24. The first-order valence-corrected chi connectivity index (χ1v) is 7.16. The molecule has 0 aliphatic carbocycles. The number of methoxy groups -OCH3 is 1. The Labute approximate surface area is 125 Å². The first kappa shape index (κ1) is 15.5. The van der Waals surface area contributed by atoms with Crippen LogP contribution in [-0.2, 0) is 11.3 Å². The van der Waals surface area contributed by atoms with Gasteiger partial charge in [-0.2, -0.15) is 0 Å². The lowest BCUT2D eigenvalue weighted by Gasteiger charge is -2.19. The van der Waals surface area contributed by atoms with E-state index in [2.05, 4.69) is 5.32 Å². The van der Waals surface area contributed by atoms with Crippen LogP contribution in [0.3, 0.4) is 0 Å². The van der Waals surface area contributed by atoms with Crippen LogP contribution >= 0.6 is 0 Å². The second-order valence-corrected chi connectivity index (χ2v) is 6.09. The highest BCUT2D eigenvalue weighted by molar-refractivity contribution is 5.81. The molecule has 1 aromatic carbocycles. The Balaban J connectivity index is 2.18. The fourth-order valence-corrected chi connectivity index (χ4v) is 2.00. The van der Waals surface area contributed by atoms with E-state index in [-0.39, 0.29) is 5.91 Å². The summed E-state index contributed by atoms with van der Waals surface area (Å²) in [5.41, 5.74) is 0.456. The Morgan fingerprint density at radius 2 is 1.86 bits per heavy atom. The van der Waals surface area contributed by atoms with Gasteiger partial charge in [0.1, 0.15) is 5.75 Å². The van der Waals surface area contributed by atoms with Crippen molar-refractivity contribution in [1.82, 2.24) is 5.32 Å². The molecule has 0 fully saturated rings. The van der Waals surface area contributed by atoms with Gasteiger partial charge in [-0.1, -0.05) is 20.8 Å². The molecule has 0 spiro atoms. The molecular weight excluding hydrogens is 270 g/mol. The van der Waals surface area contributed by atoms with E-state index in [1.807, 2.05) is 32.9 Å². The summed E-state index contributed by atoms with van der Waals surface area (Å²) >= 11 is 0. The van der Waals surface area contributed by atoms with Crippen LogP contribution in [-0.4, -0.2) is 26.2 Å². The van der Waals surface area contributed by atoms with Gasteiger partial charge in [0.2, 0.25) is 5.91 Å². The van der Waals surface area contributed by atoms with E-state index in [4.69, 9.17) is 14.2 Å². The van der Waals surface area contributed by atoms with Crippen molar-refractivity contribution in [3.8, 4) is 17.2 Å². The predicted molar refractivity (Wildman–Crippen MR) is 79.9 cm³/mol. The molecule has 116 valence electrons. The number of carbonyl (C=O) groups is 1. The maximum absolute atomic E-state index is 12.0. The fourth-order valence-electron chi connectivity index (χ4n) is 2.00. The summed E-state index contributed by atoms with van der Waals surface area (Å²) < 4.78 is 16.7. The van der Waals surface area contributed by atoms with Crippen LogP contribution < -0.4 is 19.5 Å². The van der Waals surface area contributed by atoms with Crippen molar-refractivity contribution < 1.29 is 19.0 Å². The van der Waals surface area contributed by atoms with Crippen molar-refractivity contribution in [2.75, 3.05) is 20.3 Å². The zero-order valence-electron chi connectivity index (χ0n) is 13.1. The predicted octanol–water partition coefficient (Wildman–Crippen LogP) is 2.52. The number of rotatable bonds is 3. The highest BCUT2D eigenvalue weighted by Crippen LogP contribution is 2.36. The molecule has 0 saturated carbocycles. The van der Waals surface area contributed by atoms with Crippen molar-refractivity contribution >= 4 is 5.91 Å². The average Bonchev–Trinajstić information content (AvgIpc) is 2.66. The van der Waals surface area contributed by atoms with Crippen LogP contribution in [0.5, 0.6) is 17.2 Å². The third kappa shape index (κ3) is 3.80. The standard InChI is InChI=1S/C16H23NO4/c1-16(2,3)15(18)17-10-11-8-13-14(9-12(11)19-4)21-7-5-6-20-13/h8-9H,5-7,10H2,1-4H3,(H,17,18). The first-order chi connectivity index (χ1) is 9.91. The molecule has 1 aromatic rings. The molecule has 1 aliphatic heterocycles. The van der Waals surface area contributed by atoms with Crippen molar-refractivity contribution in [3.05, 3.63) is 17.7 Å². The van der Waals surface area contributed by atoms with Gasteiger partial charge < -0.3 is 19.5 Å². The largest absolute Gasteiger partial charge is 0.496 e. The van der Waals surface area contributed by atoms with E-state index in [0.717, 1.165) is 12.0 Å². The molecule has 0 aromatic heterocycles. The van der Waals surface area contributed by atoms with E-state index in [1.54, 1.807) is 7.11 Å². The van der Waals surface area contributed by atoms with E-state index in [1.165, 1.54) is 0 Å². The molecule has 2 rings (SSSR count). The number of fused-ring (bicyclic) bond motifs is 1. The molecule has 0 radical (unpaired) electrons. The van der Waals surface area contributed by atoms with E-state index in [9.17, 15) is 4.79 Å². The average molecular weight is 293 g/mol. The molecular formula is C16H23NO4. The summed E-state index contributed by atoms with van der Waals surface area (Å²) in [6.45, 7) is 7.31. The molecule has 0 saturated heterocycles. The Morgan fingerprint density at radius 3 is 2.43 bits per heavy atom. The quantitative estimate of drug-likeness (QED) is 0.930. The number of nitrogens with one attached hydrogen (secondary N) is 1. The lowest BCUT2D eigenvalue weighted by Crippen LogP contribution is -2.34. The molecule has 21 heavy (non-hydrogen) atoms. The maximum atomic E-state index is 12.0. The summed E-state index contributed by atoms with van der Waals surface area (Å²) in [4.78, 5) is 12.0. The lowest BCUT2D eigenvalue weighted by molar-refractivity contribution is -0.128. The Hall–Kier alpha value is -1.91. The van der Waals surface area contributed by atoms with Gasteiger partial charge in [-0.05, 0) is 6.07 Å². The highest BCUT2D eigenvalue weighted by atomic mass is 16.5. The maximum Gasteiger partial charge on any atom is 0.225 e. The van der Waals surface area contributed by atoms with Crippen LogP contribution in [0, 0.1) is 5.41 Å². The van der Waals surface area contributed by atoms with E-state index in [0.29, 0.717) is 37.0 Å². The zero-order chi connectivity index (χ0) is 15.5. The van der Waals surface area contributed by atoms with Gasteiger partial charge in [0.15, 0.2) is 11.5 Å². The van der Waals surface area contributed by atoms with Gasteiger partial charge in [0.05, 0.1) is 20.3 Å². The highest BCUT2D eigenvalue weighted by Gasteiger charge is 2.22. The summed E-state index contributed by atoms with van der Waals surface area (Å²) in [6.07, 6.45) is 0.854. The second-order valence-electron chi connectivity index (χ2n) is 6.09. The molecule has 0 unspecified atom stereocenters. The van der Waals surface area contributed by atoms with Crippen LogP contribution in [0.2, 0.25) is 0 Å². The summed E-state index contributed by atoms with van der Waals surface area (Å²) in [6, 6.07) is 3.70. The molecule has 5 heteroatoms. The van der Waals surface area contributed by atoms with Crippen LogP contribution in [0.25, 0.3) is 0 Å². The molecule has 1 N–H and O–H groups in total. The minimum atomic E-state index is -0.418. The summed E-state index contributed by atoms with van der Waals surface area (Å²) in [7, 11) is 1.61. The third-order valence-corrected chi connectivity index (χ3v) is 3.27. The Bertz CT molecular complexity index is 520. The van der Waals surface area contributed by atoms with Crippen molar-refractivity contribution in [1.29, 1.82) is 0 Å². The van der Waals surface area contributed by atoms with Crippen molar-refractivity contribution in [2.24, 2.45) is 5.41 Å². The number of ether oxygens (including phenoxy) is 3. The molecule has 1 aliphatic rings. The Morgan fingerprint density at radius 1 is 1.24 bits per heavy atom. The topological polar surface area (TPSA) is 56.8 Å². The molecule has 1 amide bonds. The number of amides is 1. The van der Waals surface area contributed by atoms with Gasteiger partial charge in [0.25, 0.3) is 0 Å². The summed E-state index contributed by atoms with van der Waals surface area (Å²) in [5, 5.41) is 2.92. The fraction of sp³-hybridized carbons (Fsp3) is 0.562. The van der Waals surface area contributed by atoms with E-state index < -0.39 is 5.41 Å². The molecule has 5 nitrogen and oxygen atoms in total. The zero-order valence-corrected chi connectivity index (χ0v) is 13.1. The number of carbonyl (C=O) groups excluding carboxylic acids is 1. The molecule has 0 atom stereocenters. The van der Waals surface area contributed by atoms with Gasteiger partial charge >= 0.3 is 0 Å². The van der Waals surface area contributed by atoms with Gasteiger partial charge in [-0.3, -0.25) is 4.79 Å². The third-order valence-electron chi connectivity index (χ3n) is 3.27. The van der Waals surface area contributed by atoms with E-state index >= 15 is 0 Å². The molecule has 0 bridgehead atoms. The van der Waals surface area contributed by atoms with Crippen LogP contribution in [0.15, 0.2) is 12.1 Å². The van der Waals surface area contributed by atoms with Crippen molar-refractivity contribution in [2.45, 2.75) is 33.7 Å². The monoisotopic (exact) mass is 293 g/mol. The Kier molecular flexibility index (Phi) is 4.60. The number of benzene rings is 1. The van der Waals surface area contributed by atoms with Gasteiger partial charge in [-0.25, -0.2) is 0 Å². The minimum absolute atomic E-state index is 0.00309. The number of hydrogen-bond acceptors (Lipinski definition) is 4. The first-order valence-electron chi connectivity index (χ1n) is 7.16. The van der Waals surface area contributed by atoms with Gasteiger partial charge in [0, 0.05) is 30.0 Å². The summed E-state index contributed by atoms with van der Waals surface area (Å²) in [5.74, 6) is 2.08. The van der Waals surface area contributed by atoms with Crippen LogP contribution in [0.4, 0.5) is 0 Å². The minimum Gasteiger partial charge on any atom is -0.496 e. The SMILES string of the molecule is COc1cc2c(cc1CNC(=O)C(C)(C)C)OCCCO2.